The third-order valence-electron chi connectivity index (χ3n) is 6.12. The fourth-order valence-corrected chi connectivity index (χ4v) is 4.26. The minimum Gasteiger partial charge on any atom is -0.870 e. The van der Waals surface area contributed by atoms with E-state index in [9.17, 15) is 10.2 Å². The summed E-state index contributed by atoms with van der Waals surface area (Å²) >= 11 is 0. The molecule has 0 aromatic heterocycles. The average molecular weight is 404 g/mol. The molecule has 0 bridgehead atoms. The molecule has 3 N–H and O–H groups in total. The van der Waals surface area contributed by atoms with Crippen LogP contribution in [0.5, 0.6) is 0 Å². The molecule has 4 heteroatoms. The van der Waals surface area contributed by atoms with E-state index in [0.29, 0.717) is 0 Å². The van der Waals surface area contributed by atoms with Gasteiger partial charge in [0.15, 0.2) is 0 Å². The lowest BCUT2D eigenvalue weighted by Gasteiger charge is -2.38. The molecule has 28 heavy (non-hydrogen) atoms. The minimum atomic E-state index is 0. The summed E-state index contributed by atoms with van der Waals surface area (Å²) in [6.07, 6.45) is 21.5. The van der Waals surface area contributed by atoms with Crippen molar-refractivity contribution < 1.29 is 20.2 Å². The van der Waals surface area contributed by atoms with Crippen LogP contribution >= 0.6 is 0 Å². The lowest BCUT2D eigenvalue weighted by molar-refractivity contribution is -0.929. The lowest BCUT2D eigenvalue weighted by Crippen LogP contribution is -2.52. The van der Waals surface area contributed by atoms with Crippen molar-refractivity contribution in [3.8, 4) is 0 Å². The number of unbranched alkanes of at least 4 members (excludes halogenated alkanes) is 14. The Morgan fingerprint density at radius 2 is 0.714 bits per heavy atom. The molecule has 0 atom stereocenters. The molecule has 0 spiro atoms. The van der Waals surface area contributed by atoms with Crippen LogP contribution in [0, 0.1) is 0 Å². The topological polar surface area (TPSA) is 70.5 Å². The number of aliphatic hydroxyl groups is 2. The Morgan fingerprint density at radius 1 is 0.429 bits per heavy atom. The zero-order chi connectivity index (χ0) is 20.1. The second-order valence-corrected chi connectivity index (χ2v) is 8.63. The summed E-state index contributed by atoms with van der Waals surface area (Å²) in [5.41, 5.74) is 0. The summed E-state index contributed by atoms with van der Waals surface area (Å²) < 4.78 is 0.929. The normalized spacial score (nSPS) is 11.6. The van der Waals surface area contributed by atoms with Crippen molar-refractivity contribution in [1.82, 2.24) is 0 Å². The zero-order valence-corrected chi connectivity index (χ0v) is 19.3. The van der Waals surface area contributed by atoms with Gasteiger partial charge in [-0.25, -0.2) is 0 Å². The number of hydrogen-bond acceptors (Lipinski definition) is 3. The molecule has 172 valence electrons. The van der Waals surface area contributed by atoms with E-state index in [4.69, 9.17) is 0 Å². The summed E-state index contributed by atoms with van der Waals surface area (Å²) in [5.74, 6) is 0. The molecule has 0 rings (SSSR count). The van der Waals surface area contributed by atoms with Gasteiger partial charge in [-0.15, -0.1) is 0 Å². The Kier molecular flexibility index (Phi) is 24.8. The van der Waals surface area contributed by atoms with E-state index < -0.39 is 0 Å². The van der Waals surface area contributed by atoms with Crippen LogP contribution in [0.4, 0.5) is 0 Å². The van der Waals surface area contributed by atoms with Gasteiger partial charge in [-0.2, -0.15) is 0 Å². The number of nitrogens with zero attached hydrogens (tertiary/aromatic N) is 1. The molecule has 0 saturated heterocycles. The van der Waals surface area contributed by atoms with Crippen molar-refractivity contribution >= 4 is 0 Å². The largest absolute Gasteiger partial charge is 0.870 e. The molecule has 0 aliphatic heterocycles. The highest BCUT2D eigenvalue weighted by atomic mass is 16.3. The van der Waals surface area contributed by atoms with Crippen molar-refractivity contribution in [2.75, 3.05) is 39.4 Å². The van der Waals surface area contributed by atoms with Gasteiger partial charge in [0, 0.05) is 0 Å². The van der Waals surface area contributed by atoms with Gasteiger partial charge in [0.2, 0.25) is 0 Å². The third kappa shape index (κ3) is 17.9. The summed E-state index contributed by atoms with van der Waals surface area (Å²) in [7, 11) is 0. The van der Waals surface area contributed by atoms with E-state index in [1.54, 1.807) is 0 Å². The van der Waals surface area contributed by atoms with Gasteiger partial charge < -0.3 is 20.2 Å². The fourth-order valence-electron chi connectivity index (χ4n) is 4.26. The fraction of sp³-hybridized carbons (Fsp3) is 1.00. The SMILES string of the molecule is CCCCCCCCCC[N+](CCO)(CCO)CCCCCCCCCC.[OH-]. The maximum Gasteiger partial charge on any atom is 0.102 e. The van der Waals surface area contributed by atoms with Crippen molar-refractivity contribution in [3.63, 3.8) is 0 Å². The Hall–Kier alpha value is -0.160. The van der Waals surface area contributed by atoms with E-state index >= 15 is 0 Å². The first-order valence-electron chi connectivity index (χ1n) is 12.3. The third-order valence-corrected chi connectivity index (χ3v) is 6.12. The Balaban J connectivity index is 0. The van der Waals surface area contributed by atoms with E-state index in [1.807, 2.05) is 0 Å². The molecule has 0 aliphatic rings. The molecule has 0 unspecified atom stereocenters. The van der Waals surface area contributed by atoms with Crippen LogP contribution in [0.2, 0.25) is 0 Å². The van der Waals surface area contributed by atoms with Crippen molar-refractivity contribution in [3.05, 3.63) is 0 Å². The van der Waals surface area contributed by atoms with E-state index in [0.717, 1.165) is 30.7 Å². The van der Waals surface area contributed by atoms with Crippen molar-refractivity contribution in [2.24, 2.45) is 0 Å². The minimum absolute atomic E-state index is 0. The van der Waals surface area contributed by atoms with Crippen molar-refractivity contribution in [2.45, 2.75) is 117 Å². The number of rotatable bonds is 22. The van der Waals surface area contributed by atoms with Crippen LogP contribution in [0.25, 0.3) is 0 Å². The Labute approximate surface area is 176 Å². The van der Waals surface area contributed by atoms with Crippen LogP contribution in [0.15, 0.2) is 0 Å². The van der Waals surface area contributed by atoms with E-state index in [1.165, 1.54) is 103 Å². The summed E-state index contributed by atoms with van der Waals surface area (Å²) in [6, 6.07) is 0. The van der Waals surface area contributed by atoms with Crippen LogP contribution in [-0.2, 0) is 0 Å². The summed E-state index contributed by atoms with van der Waals surface area (Å²) in [6.45, 7) is 8.92. The standard InChI is InChI=1S/C24H52NO2.H2O/c1-3-5-7-9-11-13-15-17-19-25(21-23-26,22-24-27)20-18-16-14-12-10-8-6-4-2;/h26-27H,3-24H2,1-2H3;1H2/q+1;/p-1. The predicted octanol–water partition coefficient (Wildman–Crippen LogP) is 5.89. The monoisotopic (exact) mass is 403 g/mol. The van der Waals surface area contributed by atoms with Gasteiger partial charge in [-0.3, -0.25) is 0 Å². The first-order chi connectivity index (χ1) is 13.2. The molecule has 0 aliphatic carbocycles. The number of quaternary nitrogens is 1. The van der Waals surface area contributed by atoms with Gasteiger partial charge in [0.05, 0.1) is 26.3 Å². The molecule has 4 nitrogen and oxygen atoms in total. The van der Waals surface area contributed by atoms with Crippen LogP contribution in [-0.4, -0.2) is 59.6 Å². The van der Waals surface area contributed by atoms with E-state index in [-0.39, 0.29) is 18.7 Å². The zero-order valence-electron chi connectivity index (χ0n) is 19.3. The van der Waals surface area contributed by atoms with Crippen molar-refractivity contribution in [1.29, 1.82) is 0 Å². The molecule has 0 radical (unpaired) electrons. The number of aliphatic hydroxyl groups excluding tert-OH is 2. The molecule has 0 saturated carbocycles. The second kappa shape index (κ2) is 23.1. The van der Waals surface area contributed by atoms with Crippen LogP contribution < -0.4 is 0 Å². The summed E-state index contributed by atoms with van der Waals surface area (Å²) in [4.78, 5) is 0. The van der Waals surface area contributed by atoms with E-state index in [2.05, 4.69) is 13.8 Å². The first kappa shape index (κ1) is 30.0. The number of hydrogen-bond donors (Lipinski definition) is 2. The van der Waals surface area contributed by atoms with Gasteiger partial charge >= 0.3 is 0 Å². The average Bonchev–Trinajstić information content (AvgIpc) is 2.66. The van der Waals surface area contributed by atoms with Crippen LogP contribution in [0.1, 0.15) is 117 Å². The summed E-state index contributed by atoms with van der Waals surface area (Å²) in [5, 5.41) is 19.2. The highest BCUT2D eigenvalue weighted by molar-refractivity contribution is 4.52. The molecule has 0 heterocycles. The Bertz CT molecular complexity index is 259. The Morgan fingerprint density at radius 3 is 1.00 bits per heavy atom. The lowest BCUT2D eigenvalue weighted by atomic mass is 10.1. The molecular weight excluding hydrogens is 350 g/mol. The molecule has 0 fully saturated rings. The molecular formula is C24H53NO3. The maximum atomic E-state index is 9.58. The molecule has 0 amide bonds. The van der Waals surface area contributed by atoms with Crippen LogP contribution in [0.3, 0.4) is 0 Å². The van der Waals surface area contributed by atoms with Gasteiger partial charge in [0.25, 0.3) is 0 Å². The quantitative estimate of drug-likeness (QED) is 0.175. The van der Waals surface area contributed by atoms with Gasteiger partial charge in [0.1, 0.15) is 13.1 Å². The molecule has 0 aromatic rings. The highest BCUT2D eigenvalue weighted by Gasteiger charge is 2.25. The second-order valence-electron chi connectivity index (χ2n) is 8.63. The van der Waals surface area contributed by atoms with Gasteiger partial charge in [-0.1, -0.05) is 90.9 Å². The maximum absolute atomic E-state index is 9.58. The smallest absolute Gasteiger partial charge is 0.102 e. The molecule has 0 aromatic carbocycles. The first-order valence-corrected chi connectivity index (χ1v) is 12.3. The van der Waals surface area contributed by atoms with Gasteiger partial charge in [-0.05, 0) is 25.7 Å². The predicted molar refractivity (Wildman–Crippen MR) is 121 cm³/mol. The highest BCUT2D eigenvalue weighted by Crippen LogP contribution is 2.16.